The Morgan fingerprint density at radius 2 is 1.52 bits per heavy atom. The van der Waals surface area contributed by atoms with Crippen LogP contribution in [0.2, 0.25) is 0 Å². The van der Waals surface area contributed by atoms with E-state index in [0.29, 0.717) is 17.0 Å². The van der Waals surface area contributed by atoms with Crippen molar-refractivity contribution in [2.24, 2.45) is 0 Å². The molecule has 3 aromatic carbocycles. The van der Waals surface area contributed by atoms with Gasteiger partial charge in [-0.3, -0.25) is 4.79 Å². The van der Waals surface area contributed by atoms with E-state index in [4.69, 9.17) is 10.5 Å². The van der Waals surface area contributed by atoms with E-state index in [2.05, 4.69) is 15.3 Å². The summed E-state index contributed by atoms with van der Waals surface area (Å²) in [5.74, 6) is 1.44. The fourth-order valence-electron chi connectivity index (χ4n) is 2.76. The lowest BCUT2D eigenvalue weighted by molar-refractivity contribution is 0.102. The molecular formula is C23H18N4O2. The third kappa shape index (κ3) is 4.56. The molecule has 6 nitrogen and oxygen atoms in total. The molecule has 0 atom stereocenters. The number of nitrogens with two attached hydrogens (primary N) is 1. The van der Waals surface area contributed by atoms with Crippen LogP contribution in [-0.4, -0.2) is 15.9 Å². The maximum atomic E-state index is 12.5. The normalized spacial score (nSPS) is 10.3. The highest BCUT2D eigenvalue weighted by Crippen LogP contribution is 2.22. The Hall–Kier alpha value is -4.19. The molecule has 1 heterocycles. The molecule has 142 valence electrons. The first-order valence-corrected chi connectivity index (χ1v) is 9.01. The van der Waals surface area contributed by atoms with Crippen molar-refractivity contribution in [3.8, 4) is 22.8 Å². The van der Waals surface area contributed by atoms with Crippen LogP contribution < -0.4 is 15.8 Å². The summed E-state index contributed by atoms with van der Waals surface area (Å²) in [5, 5.41) is 2.88. The molecule has 4 aromatic rings. The Kier molecular flexibility index (Phi) is 5.16. The standard InChI is InChI=1S/C23H18N4O2/c24-23-25-15-14-21(27-23)16-6-10-18(11-7-16)26-22(28)17-8-12-20(13-9-17)29-19-4-2-1-3-5-19/h1-15H,(H,26,28)(H2,24,25,27). The summed E-state index contributed by atoms with van der Waals surface area (Å²) in [6.45, 7) is 0. The predicted molar refractivity (Wildman–Crippen MR) is 113 cm³/mol. The lowest BCUT2D eigenvalue weighted by atomic mass is 10.1. The van der Waals surface area contributed by atoms with Crippen LogP contribution >= 0.6 is 0 Å². The highest BCUT2D eigenvalue weighted by Gasteiger charge is 2.08. The number of benzene rings is 3. The molecule has 0 saturated heterocycles. The fraction of sp³-hybridized carbons (Fsp3) is 0. The van der Waals surface area contributed by atoms with Gasteiger partial charge in [0.05, 0.1) is 5.69 Å². The van der Waals surface area contributed by atoms with Gasteiger partial charge < -0.3 is 15.8 Å². The minimum absolute atomic E-state index is 0.199. The highest BCUT2D eigenvalue weighted by molar-refractivity contribution is 6.04. The van der Waals surface area contributed by atoms with Crippen LogP contribution in [0.3, 0.4) is 0 Å². The predicted octanol–water partition coefficient (Wildman–Crippen LogP) is 4.77. The SMILES string of the molecule is Nc1nccc(-c2ccc(NC(=O)c3ccc(Oc4ccccc4)cc3)cc2)n1. The fourth-order valence-corrected chi connectivity index (χ4v) is 2.76. The zero-order valence-corrected chi connectivity index (χ0v) is 15.4. The second kappa shape index (κ2) is 8.22. The van der Waals surface area contributed by atoms with Crippen molar-refractivity contribution >= 4 is 17.5 Å². The number of hydrogen-bond donors (Lipinski definition) is 2. The first kappa shape index (κ1) is 18.2. The van der Waals surface area contributed by atoms with Crippen LogP contribution in [-0.2, 0) is 0 Å². The third-order valence-corrected chi connectivity index (χ3v) is 4.21. The Morgan fingerprint density at radius 1 is 0.828 bits per heavy atom. The van der Waals surface area contributed by atoms with Gasteiger partial charge in [-0.25, -0.2) is 9.97 Å². The molecule has 1 aromatic heterocycles. The van der Waals surface area contributed by atoms with Gasteiger partial charge in [0.2, 0.25) is 5.95 Å². The molecule has 0 aliphatic heterocycles. The molecule has 0 radical (unpaired) electrons. The molecule has 0 fully saturated rings. The Morgan fingerprint density at radius 3 is 2.21 bits per heavy atom. The molecule has 0 bridgehead atoms. The van der Waals surface area contributed by atoms with E-state index >= 15 is 0 Å². The number of carbonyl (C=O) groups excluding carboxylic acids is 1. The van der Waals surface area contributed by atoms with E-state index in [0.717, 1.165) is 17.0 Å². The first-order valence-electron chi connectivity index (χ1n) is 9.01. The van der Waals surface area contributed by atoms with Gasteiger partial charge >= 0.3 is 0 Å². The van der Waals surface area contributed by atoms with Gasteiger partial charge in [0.15, 0.2) is 0 Å². The van der Waals surface area contributed by atoms with Crippen molar-refractivity contribution in [3.05, 3.63) is 96.7 Å². The van der Waals surface area contributed by atoms with Gasteiger partial charge in [0.25, 0.3) is 5.91 Å². The number of anilines is 2. The van der Waals surface area contributed by atoms with Gasteiger partial charge in [0, 0.05) is 23.0 Å². The number of carbonyl (C=O) groups is 1. The van der Waals surface area contributed by atoms with Crippen LogP contribution in [0.1, 0.15) is 10.4 Å². The van der Waals surface area contributed by atoms with E-state index in [1.807, 2.05) is 54.6 Å². The number of aromatic nitrogens is 2. The van der Waals surface area contributed by atoms with Crippen LogP contribution in [0, 0.1) is 0 Å². The zero-order chi connectivity index (χ0) is 20.1. The topological polar surface area (TPSA) is 90.1 Å². The average molecular weight is 382 g/mol. The maximum absolute atomic E-state index is 12.5. The summed E-state index contributed by atoms with van der Waals surface area (Å²) < 4.78 is 5.74. The molecule has 0 unspecified atom stereocenters. The average Bonchev–Trinajstić information content (AvgIpc) is 2.75. The summed E-state index contributed by atoms with van der Waals surface area (Å²) in [7, 11) is 0. The maximum Gasteiger partial charge on any atom is 0.255 e. The Balaban J connectivity index is 1.41. The van der Waals surface area contributed by atoms with Gasteiger partial charge in [-0.2, -0.15) is 0 Å². The number of hydrogen-bond acceptors (Lipinski definition) is 5. The summed E-state index contributed by atoms with van der Waals surface area (Å²) in [4.78, 5) is 20.6. The number of para-hydroxylation sites is 1. The van der Waals surface area contributed by atoms with Crippen molar-refractivity contribution in [1.29, 1.82) is 0 Å². The number of nitrogen functional groups attached to an aromatic ring is 1. The van der Waals surface area contributed by atoms with Crippen molar-refractivity contribution in [3.63, 3.8) is 0 Å². The summed E-state index contributed by atoms with van der Waals surface area (Å²) in [5.41, 5.74) is 8.46. The summed E-state index contributed by atoms with van der Waals surface area (Å²) in [6, 6.07) is 25.6. The lowest BCUT2D eigenvalue weighted by Crippen LogP contribution is -2.11. The van der Waals surface area contributed by atoms with Crippen LogP contribution in [0.5, 0.6) is 11.5 Å². The van der Waals surface area contributed by atoms with E-state index < -0.39 is 0 Å². The van der Waals surface area contributed by atoms with Gasteiger partial charge in [-0.1, -0.05) is 30.3 Å². The van der Waals surface area contributed by atoms with Crippen molar-refractivity contribution in [1.82, 2.24) is 9.97 Å². The number of ether oxygens (including phenoxy) is 1. The van der Waals surface area contributed by atoms with Crippen molar-refractivity contribution in [2.45, 2.75) is 0 Å². The first-order chi connectivity index (χ1) is 14.2. The number of rotatable bonds is 5. The molecule has 29 heavy (non-hydrogen) atoms. The van der Waals surface area contributed by atoms with E-state index in [1.165, 1.54) is 0 Å². The molecule has 0 saturated carbocycles. The van der Waals surface area contributed by atoms with Gasteiger partial charge in [-0.15, -0.1) is 0 Å². The molecule has 4 rings (SSSR count). The molecule has 3 N–H and O–H groups in total. The molecule has 0 spiro atoms. The molecule has 1 amide bonds. The second-order valence-electron chi connectivity index (χ2n) is 6.27. The Labute approximate surface area is 168 Å². The van der Waals surface area contributed by atoms with Crippen LogP contribution in [0.25, 0.3) is 11.3 Å². The summed E-state index contributed by atoms with van der Waals surface area (Å²) in [6.07, 6.45) is 1.61. The zero-order valence-electron chi connectivity index (χ0n) is 15.4. The van der Waals surface area contributed by atoms with Crippen molar-refractivity contribution < 1.29 is 9.53 Å². The number of nitrogens with one attached hydrogen (secondary N) is 1. The van der Waals surface area contributed by atoms with E-state index in [-0.39, 0.29) is 11.9 Å². The molecular weight excluding hydrogens is 364 g/mol. The van der Waals surface area contributed by atoms with Gasteiger partial charge in [0.1, 0.15) is 11.5 Å². The summed E-state index contributed by atoms with van der Waals surface area (Å²) >= 11 is 0. The third-order valence-electron chi connectivity index (χ3n) is 4.21. The largest absolute Gasteiger partial charge is 0.457 e. The molecule has 0 aliphatic rings. The minimum Gasteiger partial charge on any atom is -0.457 e. The monoisotopic (exact) mass is 382 g/mol. The second-order valence-corrected chi connectivity index (χ2v) is 6.27. The smallest absolute Gasteiger partial charge is 0.255 e. The molecule has 6 heteroatoms. The van der Waals surface area contributed by atoms with Gasteiger partial charge in [-0.05, 0) is 54.6 Å². The van der Waals surface area contributed by atoms with Crippen molar-refractivity contribution in [2.75, 3.05) is 11.1 Å². The van der Waals surface area contributed by atoms with E-state index in [1.54, 1.807) is 36.5 Å². The Bertz CT molecular complexity index is 1110. The lowest BCUT2D eigenvalue weighted by Gasteiger charge is -2.08. The van der Waals surface area contributed by atoms with Crippen LogP contribution in [0.4, 0.5) is 11.6 Å². The highest BCUT2D eigenvalue weighted by atomic mass is 16.5. The number of amides is 1. The number of nitrogens with zero attached hydrogens (tertiary/aromatic N) is 2. The quantitative estimate of drug-likeness (QED) is 0.519. The van der Waals surface area contributed by atoms with Crippen LogP contribution in [0.15, 0.2) is 91.1 Å². The minimum atomic E-state index is -0.199. The van der Waals surface area contributed by atoms with E-state index in [9.17, 15) is 4.79 Å². The molecule has 0 aliphatic carbocycles.